The SMILES string of the molecule is COc1cc2nc(/C(C#N)=C/c3cc4cc(-c5ccccc5)ccc4nc3Cl)[nH]c(=O)c2cc1OC. The fourth-order valence-electron chi connectivity index (χ4n) is 3.98. The Morgan fingerprint density at radius 3 is 2.42 bits per heavy atom. The molecule has 0 amide bonds. The first-order valence-corrected chi connectivity index (χ1v) is 11.3. The summed E-state index contributed by atoms with van der Waals surface area (Å²) in [4.78, 5) is 24.4. The number of rotatable bonds is 5. The van der Waals surface area contributed by atoms with Crippen molar-refractivity contribution in [1.82, 2.24) is 15.0 Å². The first-order chi connectivity index (χ1) is 17.5. The first-order valence-electron chi connectivity index (χ1n) is 10.9. The lowest BCUT2D eigenvalue weighted by Gasteiger charge is -2.09. The molecule has 7 nitrogen and oxygen atoms in total. The molecule has 0 fully saturated rings. The molecule has 2 heterocycles. The average Bonchev–Trinajstić information content (AvgIpc) is 2.91. The molecule has 1 N–H and O–H groups in total. The molecule has 0 atom stereocenters. The van der Waals surface area contributed by atoms with E-state index in [2.05, 4.69) is 21.0 Å². The lowest BCUT2D eigenvalue weighted by Crippen LogP contribution is -2.11. The maximum Gasteiger partial charge on any atom is 0.259 e. The normalized spacial score (nSPS) is 11.4. The maximum absolute atomic E-state index is 12.8. The van der Waals surface area contributed by atoms with E-state index in [1.807, 2.05) is 54.6 Å². The molecule has 176 valence electrons. The molecule has 0 radical (unpaired) electrons. The van der Waals surface area contributed by atoms with Crippen molar-refractivity contribution < 1.29 is 9.47 Å². The number of nitrogens with one attached hydrogen (secondary N) is 1. The zero-order valence-corrected chi connectivity index (χ0v) is 20.1. The van der Waals surface area contributed by atoms with E-state index >= 15 is 0 Å². The number of nitriles is 1. The Kier molecular flexibility index (Phi) is 6.11. The molecule has 0 saturated heterocycles. The van der Waals surface area contributed by atoms with Crippen LogP contribution in [0, 0.1) is 11.3 Å². The molecule has 8 heteroatoms. The van der Waals surface area contributed by atoms with E-state index in [9.17, 15) is 10.1 Å². The van der Waals surface area contributed by atoms with E-state index in [0.717, 1.165) is 22.0 Å². The van der Waals surface area contributed by atoms with Crippen molar-refractivity contribution in [2.75, 3.05) is 14.2 Å². The van der Waals surface area contributed by atoms with Gasteiger partial charge in [0, 0.05) is 17.0 Å². The fraction of sp³-hybridized carbons (Fsp3) is 0.0714. The summed E-state index contributed by atoms with van der Waals surface area (Å²) in [6, 6.07) is 23.0. The fourth-order valence-corrected chi connectivity index (χ4v) is 4.18. The molecule has 3 aromatic carbocycles. The van der Waals surface area contributed by atoms with E-state index < -0.39 is 5.56 Å². The Hall–Kier alpha value is -4.67. The largest absolute Gasteiger partial charge is 0.493 e. The van der Waals surface area contributed by atoms with Crippen LogP contribution in [0.15, 0.2) is 71.5 Å². The second kappa shape index (κ2) is 9.53. The number of fused-ring (bicyclic) bond motifs is 2. The Morgan fingerprint density at radius 1 is 0.944 bits per heavy atom. The van der Waals surface area contributed by atoms with Gasteiger partial charge in [-0.05, 0) is 41.5 Å². The van der Waals surface area contributed by atoms with Gasteiger partial charge >= 0.3 is 0 Å². The predicted molar refractivity (Wildman–Crippen MR) is 141 cm³/mol. The lowest BCUT2D eigenvalue weighted by molar-refractivity contribution is 0.355. The smallest absolute Gasteiger partial charge is 0.259 e. The zero-order valence-electron chi connectivity index (χ0n) is 19.4. The first kappa shape index (κ1) is 23.1. The van der Waals surface area contributed by atoms with E-state index in [0.29, 0.717) is 28.0 Å². The highest BCUT2D eigenvalue weighted by atomic mass is 35.5. The van der Waals surface area contributed by atoms with Crippen LogP contribution in [0.1, 0.15) is 11.4 Å². The maximum atomic E-state index is 12.8. The average molecular weight is 495 g/mol. The van der Waals surface area contributed by atoms with Crippen molar-refractivity contribution in [3.63, 3.8) is 0 Å². The van der Waals surface area contributed by atoms with Crippen LogP contribution in [-0.4, -0.2) is 29.2 Å². The van der Waals surface area contributed by atoms with Gasteiger partial charge < -0.3 is 14.5 Å². The van der Waals surface area contributed by atoms with E-state index in [1.54, 1.807) is 18.2 Å². The Bertz CT molecular complexity index is 1760. The molecule has 5 aromatic rings. The standard InChI is InChI=1S/C28H19ClN4O3/c1-35-24-13-21-23(14-25(24)36-2)32-27(33-28(21)34)20(15-30)12-19-11-18-10-17(16-6-4-3-5-7-16)8-9-22(18)31-26(19)29/h3-14H,1-2H3,(H,32,33,34)/b20-12+. The Morgan fingerprint density at radius 2 is 1.69 bits per heavy atom. The molecule has 0 saturated carbocycles. The number of hydrogen-bond donors (Lipinski definition) is 1. The van der Waals surface area contributed by atoms with Crippen LogP contribution in [-0.2, 0) is 0 Å². The molecule has 0 aliphatic carbocycles. The minimum atomic E-state index is -0.410. The van der Waals surface area contributed by atoms with Crippen molar-refractivity contribution >= 4 is 45.1 Å². The quantitative estimate of drug-likeness (QED) is 0.242. The minimum Gasteiger partial charge on any atom is -0.493 e. The van der Waals surface area contributed by atoms with E-state index in [1.165, 1.54) is 14.2 Å². The lowest BCUT2D eigenvalue weighted by atomic mass is 10.0. The summed E-state index contributed by atoms with van der Waals surface area (Å²) in [6.45, 7) is 0. The van der Waals surface area contributed by atoms with Gasteiger partial charge in [0.15, 0.2) is 17.3 Å². The number of benzene rings is 3. The van der Waals surface area contributed by atoms with Crippen LogP contribution in [0.4, 0.5) is 0 Å². The highest BCUT2D eigenvalue weighted by molar-refractivity contribution is 6.31. The summed E-state index contributed by atoms with van der Waals surface area (Å²) in [5.41, 5.74) is 3.46. The minimum absolute atomic E-state index is 0.108. The van der Waals surface area contributed by atoms with Gasteiger partial charge in [-0.3, -0.25) is 4.79 Å². The van der Waals surface area contributed by atoms with Crippen molar-refractivity contribution in [3.05, 3.63) is 93.6 Å². The Labute approximate surface area is 211 Å². The van der Waals surface area contributed by atoms with Gasteiger partial charge in [0.25, 0.3) is 5.56 Å². The number of nitrogens with zero attached hydrogens (tertiary/aromatic N) is 3. The third-order valence-electron chi connectivity index (χ3n) is 5.79. The zero-order chi connectivity index (χ0) is 25.2. The van der Waals surface area contributed by atoms with E-state index in [4.69, 9.17) is 21.1 Å². The van der Waals surface area contributed by atoms with Gasteiger partial charge in [-0.1, -0.05) is 48.0 Å². The number of aromatic nitrogens is 3. The molecule has 36 heavy (non-hydrogen) atoms. The van der Waals surface area contributed by atoms with Crippen LogP contribution in [0.25, 0.3) is 44.6 Å². The highest BCUT2D eigenvalue weighted by Crippen LogP contribution is 2.31. The van der Waals surface area contributed by atoms with Gasteiger partial charge in [0.05, 0.1) is 36.2 Å². The van der Waals surface area contributed by atoms with Gasteiger partial charge in [-0.15, -0.1) is 0 Å². The molecule has 0 unspecified atom stereocenters. The van der Waals surface area contributed by atoms with Gasteiger partial charge in [0.1, 0.15) is 11.2 Å². The van der Waals surface area contributed by atoms with Crippen LogP contribution < -0.4 is 15.0 Å². The van der Waals surface area contributed by atoms with Crippen molar-refractivity contribution in [2.24, 2.45) is 0 Å². The van der Waals surface area contributed by atoms with Crippen LogP contribution >= 0.6 is 11.6 Å². The molecule has 5 rings (SSSR count). The molecule has 0 spiro atoms. The molecular formula is C28H19ClN4O3. The predicted octanol–water partition coefficient (Wildman–Crippen LogP) is 5.87. The summed E-state index contributed by atoms with van der Waals surface area (Å²) >= 11 is 6.46. The van der Waals surface area contributed by atoms with Crippen LogP contribution in [0.2, 0.25) is 5.15 Å². The number of H-pyrrole nitrogens is 1. The number of hydrogen-bond acceptors (Lipinski definition) is 6. The molecular weight excluding hydrogens is 476 g/mol. The Balaban J connectivity index is 1.62. The summed E-state index contributed by atoms with van der Waals surface area (Å²) in [5.74, 6) is 0.939. The molecule has 0 aliphatic rings. The van der Waals surface area contributed by atoms with Crippen molar-refractivity contribution in [1.29, 1.82) is 5.26 Å². The second-order valence-electron chi connectivity index (χ2n) is 7.95. The third kappa shape index (κ3) is 4.26. The van der Waals surface area contributed by atoms with Crippen LogP contribution in [0.3, 0.4) is 0 Å². The summed E-state index contributed by atoms with van der Waals surface area (Å²) in [5, 5.41) is 11.3. The van der Waals surface area contributed by atoms with E-state index in [-0.39, 0.29) is 16.6 Å². The summed E-state index contributed by atoms with van der Waals surface area (Å²) < 4.78 is 10.6. The van der Waals surface area contributed by atoms with Gasteiger partial charge in [0.2, 0.25) is 0 Å². The monoisotopic (exact) mass is 494 g/mol. The third-order valence-corrected chi connectivity index (χ3v) is 6.09. The number of ether oxygens (including phenoxy) is 2. The van der Waals surface area contributed by atoms with Crippen LogP contribution in [0.5, 0.6) is 11.5 Å². The van der Waals surface area contributed by atoms with Crippen molar-refractivity contribution in [3.8, 4) is 28.7 Å². The summed E-state index contributed by atoms with van der Waals surface area (Å²) in [6.07, 6.45) is 1.56. The highest BCUT2D eigenvalue weighted by Gasteiger charge is 2.14. The number of allylic oxidation sites excluding steroid dienone is 1. The number of pyridine rings is 1. The molecule has 2 aromatic heterocycles. The number of halogens is 1. The second-order valence-corrected chi connectivity index (χ2v) is 8.31. The van der Waals surface area contributed by atoms with Crippen molar-refractivity contribution in [2.45, 2.75) is 0 Å². The van der Waals surface area contributed by atoms with Gasteiger partial charge in [-0.25, -0.2) is 9.97 Å². The number of methoxy groups -OCH3 is 2. The summed E-state index contributed by atoms with van der Waals surface area (Å²) in [7, 11) is 2.98. The topological polar surface area (TPSA) is 101 Å². The molecule has 0 aliphatic heterocycles. The molecule has 0 bridgehead atoms. The van der Waals surface area contributed by atoms with Gasteiger partial charge in [-0.2, -0.15) is 5.26 Å². The number of aromatic amines is 1.